The van der Waals surface area contributed by atoms with Gasteiger partial charge in [-0.15, -0.1) is 0 Å². The van der Waals surface area contributed by atoms with Crippen LogP contribution in [0.5, 0.6) is 0 Å². The molecule has 0 heterocycles. The van der Waals surface area contributed by atoms with Crippen LogP contribution in [0, 0.1) is 0 Å². The smallest absolute Gasteiger partial charge is 0.223 e. The number of halogens is 1. The highest BCUT2D eigenvalue weighted by Gasteiger charge is 2.10. The molecule has 0 spiro atoms. The second-order valence-electron chi connectivity index (χ2n) is 2.71. The molecule has 1 aromatic carbocycles. The van der Waals surface area contributed by atoms with E-state index in [0.717, 1.165) is 5.69 Å². The van der Waals surface area contributed by atoms with E-state index in [-0.39, 0.29) is 5.91 Å². The molecule has 1 rings (SSSR count). The number of anilines is 1. The molecule has 0 aromatic heterocycles. The third kappa shape index (κ3) is 2.22. The molecule has 3 heteroatoms. The molecule has 0 N–H and O–H groups in total. The zero-order valence-electron chi connectivity index (χ0n) is 7.75. The van der Waals surface area contributed by atoms with Gasteiger partial charge in [0.1, 0.15) is 0 Å². The van der Waals surface area contributed by atoms with E-state index >= 15 is 0 Å². The maximum Gasteiger partial charge on any atom is 0.223 e. The summed E-state index contributed by atoms with van der Waals surface area (Å²) in [4.78, 5) is 12.8. The molecule has 0 radical (unpaired) electrons. The summed E-state index contributed by atoms with van der Waals surface area (Å²) in [6.07, 6.45) is 0. The molecule has 70 valence electrons. The van der Waals surface area contributed by atoms with Gasteiger partial charge in [0, 0.05) is 13.5 Å². The van der Waals surface area contributed by atoms with Gasteiger partial charge in [0.05, 0.1) is 10.7 Å². The minimum absolute atomic E-state index is 0.00981. The van der Waals surface area contributed by atoms with Crippen molar-refractivity contribution in [1.29, 1.82) is 0 Å². The van der Waals surface area contributed by atoms with Gasteiger partial charge in [0.25, 0.3) is 0 Å². The van der Waals surface area contributed by atoms with E-state index in [0.29, 0.717) is 11.6 Å². The molecule has 1 aromatic rings. The van der Waals surface area contributed by atoms with Crippen LogP contribution >= 0.6 is 11.6 Å². The lowest BCUT2D eigenvalue weighted by Gasteiger charge is -2.19. The number of nitrogens with zero attached hydrogens (tertiary/aromatic N) is 1. The molecular weight excluding hydrogens is 186 g/mol. The van der Waals surface area contributed by atoms with Crippen molar-refractivity contribution in [1.82, 2.24) is 0 Å². The average molecular weight is 198 g/mol. The minimum Gasteiger partial charge on any atom is -0.311 e. The van der Waals surface area contributed by atoms with Gasteiger partial charge in [-0.25, -0.2) is 0 Å². The van der Waals surface area contributed by atoms with Crippen LogP contribution in [-0.4, -0.2) is 12.5 Å². The molecule has 0 saturated carbocycles. The van der Waals surface area contributed by atoms with Gasteiger partial charge in [-0.05, 0) is 19.1 Å². The van der Waals surface area contributed by atoms with Crippen molar-refractivity contribution in [3.8, 4) is 0 Å². The van der Waals surface area contributed by atoms with E-state index in [9.17, 15) is 4.79 Å². The summed E-state index contributed by atoms with van der Waals surface area (Å²) >= 11 is 5.95. The van der Waals surface area contributed by atoms with Crippen molar-refractivity contribution >= 4 is 23.2 Å². The molecule has 0 unspecified atom stereocenters. The van der Waals surface area contributed by atoms with E-state index in [1.165, 1.54) is 6.92 Å². The molecule has 0 saturated heterocycles. The number of carbonyl (C=O) groups is 1. The van der Waals surface area contributed by atoms with Crippen LogP contribution in [0.25, 0.3) is 0 Å². The van der Waals surface area contributed by atoms with E-state index in [4.69, 9.17) is 11.6 Å². The second kappa shape index (κ2) is 4.28. The van der Waals surface area contributed by atoms with Gasteiger partial charge in [-0.1, -0.05) is 23.7 Å². The van der Waals surface area contributed by atoms with Crippen LogP contribution < -0.4 is 4.90 Å². The van der Waals surface area contributed by atoms with Gasteiger partial charge >= 0.3 is 0 Å². The van der Waals surface area contributed by atoms with Crippen LogP contribution in [0.2, 0.25) is 5.02 Å². The van der Waals surface area contributed by atoms with Crippen LogP contribution in [0.15, 0.2) is 24.3 Å². The Kier molecular flexibility index (Phi) is 3.32. The molecule has 0 aliphatic rings. The number of rotatable bonds is 2. The average Bonchev–Trinajstić information content (AvgIpc) is 2.09. The molecule has 0 atom stereocenters. The predicted molar refractivity (Wildman–Crippen MR) is 55.2 cm³/mol. The third-order valence-electron chi connectivity index (χ3n) is 1.84. The lowest BCUT2D eigenvalue weighted by Crippen LogP contribution is -2.28. The second-order valence-corrected chi connectivity index (χ2v) is 3.12. The van der Waals surface area contributed by atoms with Crippen molar-refractivity contribution in [2.45, 2.75) is 13.8 Å². The Morgan fingerprint density at radius 2 is 2.08 bits per heavy atom. The fourth-order valence-electron chi connectivity index (χ4n) is 1.23. The molecule has 13 heavy (non-hydrogen) atoms. The Hall–Kier alpha value is -1.02. The summed E-state index contributed by atoms with van der Waals surface area (Å²) < 4.78 is 0. The largest absolute Gasteiger partial charge is 0.311 e. The number of hydrogen-bond donors (Lipinski definition) is 0. The van der Waals surface area contributed by atoms with Crippen molar-refractivity contribution in [3.63, 3.8) is 0 Å². The normalized spacial score (nSPS) is 9.77. The van der Waals surface area contributed by atoms with Gasteiger partial charge in [-0.3, -0.25) is 4.79 Å². The molecule has 2 nitrogen and oxygen atoms in total. The quantitative estimate of drug-likeness (QED) is 0.714. The van der Waals surface area contributed by atoms with E-state index in [1.54, 1.807) is 11.0 Å². The first-order valence-corrected chi connectivity index (χ1v) is 4.57. The number of amides is 1. The van der Waals surface area contributed by atoms with Crippen molar-refractivity contribution in [3.05, 3.63) is 29.3 Å². The highest BCUT2D eigenvalue weighted by Crippen LogP contribution is 2.24. The Balaban J connectivity index is 3.04. The first-order valence-electron chi connectivity index (χ1n) is 4.19. The Morgan fingerprint density at radius 1 is 1.46 bits per heavy atom. The summed E-state index contributed by atoms with van der Waals surface area (Å²) in [6, 6.07) is 7.34. The standard InChI is InChI=1S/C10H12ClNO/c1-3-12(8(2)13)10-7-5-4-6-9(10)11/h4-7H,3H2,1-2H3. The van der Waals surface area contributed by atoms with Gasteiger partial charge in [0.15, 0.2) is 0 Å². The summed E-state index contributed by atoms with van der Waals surface area (Å²) in [5.41, 5.74) is 0.777. The third-order valence-corrected chi connectivity index (χ3v) is 2.16. The Morgan fingerprint density at radius 3 is 2.54 bits per heavy atom. The maximum absolute atomic E-state index is 11.2. The summed E-state index contributed by atoms with van der Waals surface area (Å²) in [5.74, 6) is 0.00981. The number of para-hydroxylation sites is 1. The topological polar surface area (TPSA) is 20.3 Å². The lowest BCUT2D eigenvalue weighted by molar-refractivity contribution is -0.116. The van der Waals surface area contributed by atoms with E-state index in [1.807, 2.05) is 25.1 Å². The van der Waals surface area contributed by atoms with E-state index < -0.39 is 0 Å². The Bertz CT molecular complexity index is 312. The van der Waals surface area contributed by atoms with Crippen molar-refractivity contribution in [2.24, 2.45) is 0 Å². The van der Waals surface area contributed by atoms with Crippen LogP contribution in [0.3, 0.4) is 0 Å². The fraction of sp³-hybridized carbons (Fsp3) is 0.300. The first kappa shape index (κ1) is 10.1. The first-order chi connectivity index (χ1) is 6.16. The SMILES string of the molecule is CCN(C(C)=O)c1ccccc1Cl. The van der Waals surface area contributed by atoms with Gasteiger partial charge in [-0.2, -0.15) is 0 Å². The highest BCUT2D eigenvalue weighted by atomic mass is 35.5. The summed E-state index contributed by atoms with van der Waals surface area (Å²) in [7, 11) is 0. The summed E-state index contributed by atoms with van der Waals surface area (Å²) in [6.45, 7) is 4.09. The van der Waals surface area contributed by atoms with Crippen molar-refractivity contribution in [2.75, 3.05) is 11.4 Å². The lowest BCUT2D eigenvalue weighted by atomic mass is 10.3. The molecule has 1 amide bonds. The molecule has 0 fully saturated rings. The molecular formula is C10H12ClNO. The van der Waals surface area contributed by atoms with Gasteiger partial charge in [0.2, 0.25) is 5.91 Å². The van der Waals surface area contributed by atoms with Crippen LogP contribution in [0.4, 0.5) is 5.69 Å². The maximum atomic E-state index is 11.2. The zero-order valence-corrected chi connectivity index (χ0v) is 8.51. The van der Waals surface area contributed by atoms with Crippen LogP contribution in [0.1, 0.15) is 13.8 Å². The zero-order chi connectivity index (χ0) is 9.84. The fourth-order valence-corrected chi connectivity index (χ4v) is 1.47. The van der Waals surface area contributed by atoms with Crippen molar-refractivity contribution < 1.29 is 4.79 Å². The minimum atomic E-state index is 0.00981. The number of carbonyl (C=O) groups excluding carboxylic acids is 1. The monoisotopic (exact) mass is 197 g/mol. The molecule has 0 bridgehead atoms. The molecule has 0 aliphatic carbocycles. The number of benzene rings is 1. The Labute approximate surface area is 83.1 Å². The molecule has 0 aliphatic heterocycles. The van der Waals surface area contributed by atoms with Gasteiger partial charge < -0.3 is 4.90 Å². The highest BCUT2D eigenvalue weighted by molar-refractivity contribution is 6.33. The van der Waals surface area contributed by atoms with E-state index in [2.05, 4.69) is 0 Å². The predicted octanol–water partition coefficient (Wildman–Crippen LogP) is 2.71. The summed E-state index contributed by atoms with van der Waals surface area (Å²) in [5, 5.41) is 0.611. The van der Waals surface area contributed by atoms with Crippen LogP contribution in [-0.2, 0) is 4.79 Å². The number of hydrogen-bond acceptors (Lipinski definition) is 1.